The van der Waals surface area contributed by atoms with Gasteiger partial charge in [-0.3, -0.25) is 9.89 Å². The summed E-state index contributed by atoms with van der Waals surface area (Å²) in [6.07, 6.45) is 1.47. The highest BCUT2D eigenvalue weighted by molar-refractivity contribution is 9.10. The number of anilines is 1. The molecule has 0 aliphatic heterocycles. The number of aromatic amines is 1. The van der Waals surface area contributed by atoms with Crippen molar-refractivity contribution in [3.63, 3.8) is 0 Å². The van der Waals surface area contributed by atoms with Crippen LogP contribution in [-0.4, -0.2) is 21.1 Å². The number of thiocarbonyl (C=S) groups is 1. The second-order valence-corrected chi connectivity index (χ2v) is 5.28. The van der Waals surface area contributed by atoms with E-state index in [9.17, 15) is 4.79 Å². The number of rotatable bonds is 3. The molecule has 0 radical (unpaired) electrons. The molecule has 2 rings (SSSR count). The topological polar surface area (TPSA) is 83.8 Å². The summed E-state index contributed by atoms with van der Waals surface area (Å²) in [5, 5.41) is 10.9. The second-order valence-electron chi connectivity index (χ2n) is 3.07. The molecule has 0 aliphatic rings. The summed E-state index contributed by atoms with van der Waals surface area (Å²) in [5.74, 6) is 0.163. The number of nitrogens with two attached hydrogens (primary N) is 1. The van der Waals surface area contributed by atoms with Crippen LogP contribution < -0.4 is 11.1 Å². The first-order chi connectivity index (χ1) is 8.09. The standard InChI is InChI=1S/C9H7BrN4OS2/c10-5-1-2-17-6(5)9(15)13-8-4(7(11)16)3-12-14-8/h1-3H,(H2,11,16)(H2,12,13,14,15). The number of hydrogen-bond donors (Lipinski definition) is 3. The molecule has 2 aromatic rings. The molecule has 1 amide bonds. The van der Waals surface area contributed by atoms with Crippen molar-refractivity contribution in [2.75, 3.05) is 5.32 Å². The fourth-order valence-corrected chi connectivity index (χ4v) is 2.80. The summed E-state index contributed by atoms with van der Waals surface area (Å²) in [6.45, 7) is 0. The summed E-state index contributed by atoms with van der Waals surface area (Å²) in [6, 6.07) is 1.81. The average Bonchev–Trinajstić information content (AvgIpc) is 2.86. The van der Waals surface area contributed by atoms with E-state index in [0.29, 0.717) is 16.3 Å². The van der Waals surface area contributed by atoms with Crippen molar-refractivity contribution < 1.29 is 4.79 Å². The lowest BCUT2D eigenvalue weighted by Crippen LogP contribution is -2.16. The van der Waals surface area contributed by atoms with Crippen molar-refractivity contribution in [3.8, 4) is 0 Å². The van der Waals surface area contributed by atoms with Gasteiger partial charge in [-0.2, -0.15) is 5.10 Å². The summed E-state index contributed by atoms with van der Waals surface area (Å²) < 4.78 is 0.747. The summed E-state index contributed by atoms with van der Waals surface area (Å²) in [5.41, 5.74) is 6.01. The lowest BCUT2D eigenvalue weighted by Gasteiger charge is -2.03. The molecule has 0 aromatic carbocycles. The number of nitrogens with zero attached hydrogens (tertiary/aromatic N) is 1. The Bertz CT molecular complexity index is 577. The number of amides is 1. The van der Waals surface area contributed by atoms with Crippen LogP contribution in [0.15, 0.2) is 22.1 Å². The monoisotopic (exact) mass is 330 g/mol. The Morgan fingerprint density at radius 1 is 1.65 bits per heavy atom. The van der Waals surface area contributed by atoms with Crippen LogP contribution in [0.2, 0.25) is 0 Å². The zero-order valence-corrected chi connectivity index (χ0v) is 11.6. The second kappa shape index (κ2) is 4.94. The van der Waals surface area contributed by atoms with Gasteiger partial charge in [0.05, 0.1) is 11.8 Å². The molecule has 0 bridgehead atoms. The molecule has 2 heterocycles. The quantitative estimate of drug-likeness (QED) is 0.752. The number of nitrogens with one attached hydrogen (secondary N) is 2. The summed E-state index contributed by atoms with van der Waals surface area (Å²) in [7, 11) is 0. The Labute approximate surface area is 115 Å². The van der Waals surface area contributed by atoms with Crippen LogP contribution >= 0.6 is 39.5 Å². The van der Waals surface area contributed by atoms with E-state index in [-0.39, 0.29) is 10.9 Å². The predicted octanol–water partition coefficient (Wildman–Crippen LogP) is 2.12. The van der Waals surface area contributed by atoms with Crippen molar-refractivity contribution in [3.05, 3.63) is 32.6 Å². The predicted molar refractivity (Wildman–Crippen MR) is 74.4 cm³/mol. The Morgan fingerprint density at radius 2 is 2.41 bits per heavy atom. The van der Waals surface area contributed by atoms with E-state index >= 15 is 0 Å². The van der Waals surface area contributed by atoms with Crippen LogP contribution in [0.5, 0.6) is 0 Å². The van der Waals surface area contributed by atoms with Crippen molar-refractivity contribution in [2.24, 2.45) is 5.73 Å². The number of hydrogen-bond acceptors (Lipinski definition) is 4. The van der Waals surface area contributed by atoms with Gasteiger partial charge in [-0.15, -0.1) is 11.3 Å². The van der Waals surface area contributed by atoms with Gasteiger partial charge in [0.2, 0.25) is 0 Å². The molecule has 0 saturated heterocycles. The Morgan fingerprint density at radius 3 is 3.00 bits per heavy atom. The van der Waals surface area contributed by atoms with Crippen molar-refractivity contribution >= 4 is 56.2 Å². The zero-order chi connectivity index (χ0) is 12.4. The van der Waals surface area contributed by atoms with E-state index in [1.54, 1.807) is 6.07 Å². The molecule has 0 atom stereocenters. The first kappa shape index (κ1) is 12.2. The van der Waals surface area contributed by atoms with Crippen LogP contribution in [0.1, 0.15) is 15.2 Å². The van der Waals surface area contributed by atoms with Crippen LogP contribution in [0.3, 0.4) is 0 Å². The minimum Gasteiger partial charge on any atom is -0.389 e. The average molecular weight is 331 g/mol. The number of H-pyrrole nitrogens is 1. The van der Waals surface area contributed by atoms with Crippen LogP contribution in [-0.2, 0) is 0 Å². The van der Waals surface area contributed by atoms with Crippen molar-refractivity contribution in [1.82, 2.24) is 10.2 Å². The maximum atomic E-state index is 11.9. The van der Waals surface area contributed by atoms with Crippen LogP contribution in [0.25, 0.3) is 0 Å². The lowest BCUT2D eigenvalue weighted by atomic mass is 10.3. The van der Waals surface area contributed by atoms with Gasteiger partial charge in [0.1, 0.15) is 15.7 Å². The molecule has 0 unspecified atom stereocenters. The molecule has 17 heavy (non-hydrogen) atoms. The van der Waals surface area contributed by atoms with Gasteiger partial charge in [-0.25, -0.2) is 0 Å². The minimum absolute atomic E-state index is 0.180. The highest BCUT2D eigenvalue weighted by atomic mass is 79.9. The lowest BCUT2D eigenvalue weighted by molar-refractivity contribution is 0.102. The van der Waals surface area contributed by atoms with Gasteiger partial charge in [0.15, 0.2) is 0 Å². The van der Waals surface area contributed by atoms with Gasteiger partial charge in [0, 0.05) is 4.47 Å². The number of carbonyl (C=O) groups is 1. The van der Waals surface area contributed by atoms with Gasteiger partial charge >= 0.3 is 0 Å². The van der Waals surface area contributed by atoms with E-state index in [1.165, 1.54) is 17.5 Å². The van der Waals surface area contributed by atoms with E-state index in [0.717, 1.165) is 4.47 Å². The maximum Gasteiger partial charge on any atom is 0.268 e. The van der Waals surface area contributed by atoms with Crippen LogP contribution in [0, 0.1) is 0 Å². The molecule has 4 N–H and O–H groups in total. The fraction of sp³-hybridized carbons (Fsp3) is 0. The highest BCUT2D eigenvalue weighted by Crippen LogP contribution is 2.24. The Kier molecular flexibility index (Phi) is 3.55. The molecular weight excluding hydrogens is 324 g/mol. The van der Waals surface area contributed by atoms with Crippen molar-refractivity contribution in [2.45, 2.75) is 0 Å². The molecular formula is C9H7BrN4OS2. The SMILES string of the molecule is NC(=S)c1cn[nH]c1NC(=O)c1sccc1Br. The number of carbonyl (C=O) groups excluding carboxylic acids is 1. The van der Waals surface area contributed by atoms with Crippen LogP contribution in [0.4, 0.5) is 5.82 Å². The third kappa shape index (κ3) is 2.54. The molecule has 88 valence electrons. The highest BCUT2D eigenvalue weighted by Gasteiger charge is 2.15. The Balaban J connectivity index is 2.22. The number of thiophene rings is 1. The van der Waals surface area contributed by atoms with E-state index in [4.69, 9.17) is 18.0 Å². The normalized spacial score (nSPS) is 10.2. The third-order valence-electron chi connectivity index (χ3n) is 1.97. The first-order valence-electron chi connectivity index (χ1n) is 4.47. The molecule has 0 spiro atoms. The zero-order valence-electron chi connectivity index (χ0n) is 8.36. The van der Waals surface area contributed by atoms with Crippen molar-refractivity contribution in [1.29, 1.82) is 0 Å². The maximum absolute atomic E-state index is 11.9. The van der Waals surface area contributed by atoms with Gasteiger partial charge in [-0.05, 0) is 27.4 Å². The molecule has 8 heteroatoms. The van der Waals surface area contributed by atoms with E-state index in [1.807, 2.05) is 5.38 Å². The third-order valence-corrected chi connectivity index (χ3v) is 4.02. The fourth-order valence-electron chi connectivity index (χ4n) is 1.19. The largest absolute Gasteiger partial charge is 0.389 e. The number of aromatic nitrogens is 2. The van der Waals surface area contributed by atoms with E-state index in [2.05, 4.69) is 31.4 Å². The summed E-state index contributed by atoms with van der Waals surface area (Å²) >= 11 is 9.47. The number of halogens is 1. The van der Waals surface area contributed by atoms with Gasteiger partial charge in [-0.1, -0.05) is 12.2 Å². The molecule has 0 aliphatic carbocycles. The van der Waals surface area contributed by atoms with E-state index < -0.39 is 0 Å². The van der Waals surface area contributed by atoms with Gasteiger partial charge < -0.3 is 11.1 Å². The molecule has 5 nitrogen and oxygen atoms in total. The molecule has 0 fully saturated rings. The van der Waals surface area contributed by atoms with Gasteiger partial charge in [0.25, 0.3) is 5.91 Å². The smallest absolute Gasteiger partial charge is 0.268 e. The Hall–Kier alpha value is -1.25. The summed E-state index contributed by atoms with van der Waals surface area (Å²) in [4.78, 5) is 12.7. The first-order valence-corrected chi connectivity index (χ1v) is 6.55. The molecule has 2 aromatic heterocycles. The minimum atomic E-state index is -0.242. The molecule has 0 saturated carbocycles.